The van der Waals surface area contributed by atoms with Crippen LogP contribution >= 0.6 is 11.6 Å². The van der Waals surface area contributed by atoms with Crippen LogP contribution in [0.1, 0.15) is 21.5 Å². The predicted molar refractivity (Wildman–Crippen MR) is 101 cm³/mol. The Bertz CT molecular complexity index is 980. The molecule has 2 aromatic carbocycles. The number of benzene rings is 2. The molecular weight excluding hydrogens is 388 g/mol. The van der Waals surface area contributed by atoms with Crippen molar-refractivity contribution in [3.63, 3.8) is 0 Å². The first-order valence-corrected chi connectivity index (χ1v) is 8.55. The Balaban J connectivity index is 1.82. The number of nitro groups is 1. The molecule has 0 bridgehead atoms. The number of halogens is 1. The number of rotatable bonds is 5. The minimum atomic E-state index is -1.36. The summed E-state index contributed by atoms with van der Waals surface area (Å²) in [6, 6.07) is 10.5. The molecule has 28 heavy (non-hydrogen) atoms. The second-order valence-electron chi connectivity index (χ2n) is 6.07. The summed E-state index contributed by atoms with van der Waals surface area (Å²) in [5, 5.41) is 13.5. The average Bonchev–Trinajstić information content (AvgIpc) is 2.92. The smallest absolute Gasteiger partial charge is 0.355 e. The highest BCUT2D eigenvalue weighted by molar-refractivity contribution is 6.42. The number of para-hydroxylation sites is 1. The van der Waals surface area contributed by atoms with Crippen LogP contribution in [0, 0.1) is 24.0 Å². The Morgan fingerprint density at radius 3 is 2.36 bits per heavy atom. The molecule has 0 unspecified atom stereocenters. The lowest BCUT2D eigenvalue weighted by Gasteiger charge is -2.18. The van der Waals surface area contributed by atoms with Gasteiger partial charge in [-0.2, -0.15) is 0 Å². The zero-order valence-electron chi connectivity index (χ0n) is 14.9. The van der Waals surface area contributed by atoms with Gasteiger partial charge in [-0.15, -0.1) is 0 Å². The fraction of sp³-hybridized carbons (Fsp3) is 0.158. The fourth-order valence-electron chi connectivity index (χ4n) is 2.65. The van der Waals surface area contributed by atoms with E-state index < -0.39 is 23.2 Å². The van der Waals surface area contributed by atoms with E-state index in [1.54, 1.807) is 0 Å². The van der Waals surface area contributed by atoms with Gasteiger partial charge in [0, 0.05) is 17.8 Å². The van der Waals surface area contributed by atoms with Gasteiger partial charge >= 0.3 is 11.9 Å². The lowest BCUT2D eigenvalue weighted by Crippen LogP contribution is -2.24. The second kappa shape index (κ2) is 7.69. The summed E-state index contributed by atoms with van der Waals surface area (Å²) >= 11 is 6.04. The zero-order chi connectivity index (χ0) is 20.4. The van der Waals surface area contributed by atoms with E-state index in [-0.39, 0.29) is 22.0 Å². The van der Waals surface area contributed by atoms with Gasteiger partial charge in [0.1, 0.15) is 5.70 Å². The van der Waals surface area contributed by atoms with Crippen LogP contribution in [0.2, 0.25) is 0 Å². The van der Waals surface area contributed by atoms with Crippen LogP contribution in [0.25, 0.3) is 0 Å². The summed E-state index contributed by atoms with van der Waals surface area (Å²) in [6.07, 6.45) is -1.36. The molecule has 0 radical (unpaired) electrons. The van der Waals surface area contributed by atoms with Gasteiger partial charge in [0.2, 0.25) is 0 Å². The van der Waals surface area contributed by atoms with Crippen LogP contribution in [0.15, 0.2) is 53.2 Å². The van der Waals surface area contributed by atoms with Gasteiger partial charge < -0.3 is 14.8 Å². The van der Waals surface area contributed by atoms with Crippen LogP contribution in [-0.4, -0.2) is 23.2 Å². The van der Waals surface area contributed by atoms with E-state index in [0.29, 0.717) is 5.69 Å². The van der Waals surface area contributed by atoms with Crippen LogP contribution in [0.5, 0.6) is 0 Å². The van der Waals surface area contributed by atoms with Crippen molar-refractivity contribution < 1.29 is 24.0 Å². The molecule has 0 spiro atoms. The van der Waals surface area contributed by atoms with Crippen molar-refractivity contribution in [3.8, 4) is 0 Å². The van der Waals surface area contributed by atoms with Crippen LogP contribution in [-0.2, 0) is 14.3 Å². The number of anilines is 1. The fourth-order valence-corrected chi connectivity index (χ4v) is 2.83. The number of carbonyl (C=O) groups is 2. The molecule has 2 aromatic rings. The molecule has 9 heteroatoms. The van der Waals surface area contributed by atoms with Crippen molar-refractivity contribution in [1.29, 1.82) is 0 Å². The van der Waals surface area contributed by atoms with Crippen LogP contribution in [0.4, 0.5) is 11.4 Å². The van der Waals surface area contributed by atoms with E-state index in [1.807, 2.05) is 32.0 Å². The molecule has 1 aliphatic heterocycles. The van der Waals surface area contributed by atoms with Gasteiger partial charge in [0.15, 0.2) is 5.03 Å². The number of aryl methyl sites for hydroxylation is 2. The Kier molecular flexibility index (Phi) is 5.32. The first kappa shape index (κ1) is 19.4. The standard InChI is InChI=1S/C19H15ClN2O6/c1-10-4-3-5-11(2)15(10)21-16-14(20)18(24)28-19(16)27-17(23)12-6-8-13(9-7-12)22(25)26/h3-9,19,21H,1-2H3/t19-/m1/s1. The summed E-state index contributed by atoms with van der Waals surface area (Å²) < 4.78 is 10.3. The minimum absolute atomic E-state index is 0.0658. The summed E-state index contributed by atoms with van der Waals surface area (Å²) in [5.74, 6) is -1.64. The first-order chi connectivity index (χ1) is 13.3. The highest BCUT2D eigenvalue weighted by Gasteiger charge is 2.37. The molecule has 0 saturated carbocycles. The van der Waals surface area contributed by atoms with E-state index in [9.17, 15) is 19.7 Å². The van der Waals surface area contributed by atoms with Gasteiger partial charge in [-0.25, -0.2) is 9.59 Å². The van der Waals surface area contributed by atoms with E-state index in [0.717, 1.165) is 11.1 Å². The van der Waals surface area contributed by atoms with Crippen LogP contribution < -0.4 is 5.32 Å². The van der Waals surface area contributed by atoms with E-state index in [4.69, 9.17) is 21.1 Å². The molecule has 1 aliphatic rings. The third kappa shape index (κ3) is 3.81. The summed E-state index contributed by atoms with van der Waals surface area (Å²) in [6.45, 7) is 3.75. The van der Waals surface area contributed by atoms with Crippen molar-refractivity contribution >= 4 is 34.9 Å². The molecule has 1 atom stereocenters. The monoisotopic (exact) mass is 402 g/mol. The van der Waals surface area contributed by atoms with Crippen molar-refractivity contribution in [3.05, 3.63) is 80.0 Å². The Labute approximate surface area is 164 Å². The molecule has 0 fully saturated rings. The highest BCUT2D eigenvalue weighted by atomic mass is 35.5. The largest absolute Gasteiger partial charge is 0.415 e. The third-order valence-electron chi connectivity index (χ3n) is 4.13. The number of hydrogen-bond acceptors (Lipinski definition) is 7. The number of nitrogens with one attached hydrogen (secondary N) is 1. The molecule has 144 valence electrons. The summed E-state index contributed by atoms with van der Waals surface area (Å²) in [4.78, 5) is 34.4. The normalized spacial score (nSPS) is 16.0. The van der Waals surface area contributed by atoms with Gasteiger partial charge in [-0.05, 0) is 37.1 Å². The molecule has 0 aliphatic carbocycles. The number of non-ortho nitro benzene ring substituents is 1. The maximum absolute atomic E-state index is 12.4. The molecule has 0 amide bonds. The van der Waals surface area contributed by atoms with Crippen molar-refractivity contribution in [2.24, 2.45) is 0 Å². The van der Waals surface area contributed by atoms with Gasteiger partial charge in [-0.1, -0.05) is 29.8 Å². The number of nitro benzene ring substituents is 1. The van der Waals surface area contributed by atoms with E-state index in [1.165, 1.54) is 24.3 Å². The number of nitrogens with zero attached hydrogens (tertiary/aromatic N) is 1. The maximum atomic E-state index is 12.4. The number of ether oxygens (including phenoxy) is 2. The second-order valence-corrected chi connectivity index (χ2v) is 6.44. The Morgan fingerprint density at radius 1 is 1.18 bits per heavy atom. The SMILES string of the molecule is Cc1cccc(C)c1NC1=C(Cl)C(=O)O[C@H]1OC(=O)c1ccc([N+](=O)[O-])cc1. The molecule has 8 nitrogen and oxygen atoms in total. The van der Waals surface area contributed by atoms with Gasteiger partial charge in [0.05, 0.1) is 10.5 Å². The van der Waals surface area contributed by atoms with Gasteiger partial charge in [-0.3, -0.25) is 10.1 Å². The lowest BCUT2D eigenvalue weighted by molar-refractivity contribution is -0.384. The quantitative estimate of drug-likeness (QED) is 0.460. The van der Waals surface area contributed by atoms with Crippen molar-refractivity contribution in [2.45, 2.75) is 20.1 Å². The first-order valence-electron chi connectivity index (χ1n) is 8.17. The number of esters is 2. The Morgan fingerprint density at radius 2 is 1.79 bits per heavy atom. The molecule has 1 heterocycles. The zero-order valence-corrected chi connectivity index (χ0v) is 15.6. The lowest BCUT2D eigenvalue weighted by atomic mass is 10.1. The van der Waals surface area contributed by atoms with Crippen molar-refractivity contribution in [1.82, 2.24) is 0 Å². The minimum Gasteiger partial charge on any atom is -0.415 e. The predicted octanol–water partition coefficient (Wildman–Crippen LogP) is 3.81. The van der Waals surface area contributed by atoms with E-state index >= 15 is 0 Å². The Hall–Kier alpha value is -3.39. The molecule has 0 aromatic heterocycles. The molecule has 0 saturated heterocycles. The average molecular weight is 403 g/mol. The summed E-state index contributed by atoms with van der Waals surface area (Å²) in [5.41, 5.74) is 2.53. The third-order valence-corrected chi connectivity index (χ3v) is 4.49. The highest BCUT2D eigenvalue weighted by Crippen LogP contribution is 2.31. The number of carbonyl (C=O) groups excluding carboxylic acids is 2. The summed E-state index contributed by atoms with van der Waals surface area (Å²) in [7, 11) is 0. The molecular formula is C19H15ClN2O6. The van der Waals surface area contributed by atoms with Crippen molar-refractivity contribution in [2.75, 3.05) is 5.32 Å². The maximum Gasteiger partial charge on any atom is 0.355 e. The van der Waals surface area contributed by atoms with Crippen LogP contribution in [0.3, 0.4) is 0 Å². The molecule has 3 rings (SSSR count). The topological polar surface area (TPSA) is 108 Å². The van der Waals surface area contributed by atoms with Gasteiger partial charge in [0.25, 0.3) is 12.0 Å². The number of hydrogen-bond donors (Lipinski definition) is 1. The number of cyclic esters (lactones) is 1. The molecule has 1 N–H and O–H groups in total. The van der Waals surface area contributed by atoms with E-state index in [2.05, 4.69) is 5.32 Å².